The molecule has 3 heteroatoms. The molecule has 2 nitrogen and oxygen atoms in total. The number of aryl methyl sites for hydroxylation is 1. The molecule has 1 aromatic carbocycles. The predicted molar refractivity (Wildman–Crippen MR) is 62.9 cm³/mol. The van der Waals surface area contributed by atoms with E-state index >= 15 is 0 Å². The van der Waals surface area contributed by atoms with Crippen molar-refractivity contribution in [1.82, 2.24) is 4.98 Å². The Bertz CT molecular complexity index is 433. The number of nitrogens with zero attached hydrogens (tertiary/aromatic N) is 1. The number of thiazole rings is 1. The molecule has 0 aliphatic heterocycles. The molecule has 1 aromatic heterocycles. The smallest absolute Gasteiger partial charge is 0.119 e. The number of aliphatic hydroxyl groups excluding tert-OH is 1. The van der Waals surface area contributed by atoms with Gasteiger partial charge >= 0.3 is 0 Å². The van der Waals surface area contributed by atoms with Gasteiger partial charge in [0.15, 0.2) is 0 Å². The molecule has 15 heavy (non-hydrogen) atoms. The zero-order chi connectivity index (χ0) is 10.7. The first-order valence-electron chi connectivity index (χ1n) is 4.98. The van der Waals surface area contributed by atoms with Gasteiger partial charge in [-0.3, -0.25) is 0 Å². The van der Waals surface area contributed by atoms with Gasteiger partial charge in [-0.2, -0.15) is 0 Å². The van der Waals surface area contributed by atoms with E-state index in [1.165, 1.54) is 16.9 Å². The van der Waals surface area contributed by atoms with E-state index in [0.717, 1.165) is 22.7 Å². The summed E-state index contributed by atoms with van der Waals surface area (Å²) in [5, 5.41) is 11.7. The van der Waals surface area contributed by atoms with Crippen molar-refractivity contribution in [2.24, 2.45) is 0 Å². The fraction of sp³-hybridized carbons (Fsp3) is 0.250. The normalized spacial score (nSPS) is 10.5. The first-order chi connectivity index (χ1) is 7.33. The molecule has 2 aromatic rings. The predicted octanol–water partition coefficient (Wildman–Crippen LogP) is 2.86. The Balaban J connectivity index is 2.28. The third kappa shape index (κ3) is 2.25. The van der Waals surface area contributed by atoms with Gasteiger partial charge in [-0.1, -0.05) is 31.2 Å². The maximum atomic E-state index is 8.93. The molecule has 1 N–H and O–H groups in total. The first kappa shape index (κ1) is 10.3. The molecule has 78 valence electrons. The van der Waals surface area contributed by atoms with Crippen molar-refractivity contribution in [2.45, 2.75) is 20.0 Å². The highest BCUT2D eigenvalue weighted by Crippen LogP contribution is 2.22. The highest BCUT2D eigenvalue weighted by molar-refractivity contribution is 7.09. The molecule has 0 bridgehead atoms. The molecule has 2 rings (SSSR count). The molecular formula is C12H13NOS. The number of hydrogen-bond acceptors (Lipinski definition) is 3. The highest BCUT2D eigenvalue weighted by atomic mass is 32.1. The lowest BCUT2D eigenvalue weighted by molar-refractivity contribution is 0.281. The third-order valence-electron chi connectivity index (χ3n) is 2.34. The zero-order valence-corrected chi connectivity index (χ0v) is 9.42. The van der Waals surface area contributed by atoms with Crippen molar-refractivity contribution in [1.29, 1.82) is 0 Å². The van der Waals surface area contributed by atoms with Crippen molar-refractivity contribution in [2.75, 3.05) is 0 Å². The molecule has 0 radical (unpaired) electrons. The van der Waals surface area contributed by atoms with Crippen LogP contribution in [0.15, 0.2) is 29.6 Å². The Labute approximate surface area is 93.2 Å². The Hall–Kier alpha value is -1.19. The Morgan fingerprint density at radius 1 is 1.27 bits per heavy atom. The monoisotopic (exact) mass is 219 g/mol. The number of hydrogen-bond donors (Lipinski definition) is 1. The minimum Gasteiger partial charge on any atom is -0.389 e. The molecule has 0 unspecified atom stereocenters. The van der Waals surface area contributed by atoms with Gasteiger partial charge in [-0.25, -0.2) is 4.98 Å². The summed E-state index contributed by atoms with van der Waals surface area (Å²) in [6.07, 6.45) is 1.05. The van der Waals surface area contributed by atoms with Crippen LogP contribution in [0.25, 0.3) is 11.3 Å². The van der Waals surface area contributed by atoms with E-state index in [-0.39, 0.29) is 6.61 Å². The standard InChI is InChI=1S/C12H13NOS/c1-2-9-3-5-10(6-4-9)11-8-15-12(7-14)13-11/h3-6,8,14H,2,7H2,1H3. The molecular weight excluding hydrogens is 206 g/mol. The first-order valence-corrected chi connectivity index (χ1v) is 5.86. The van der Waals surface area contributed by atoms with Crippen molar-refractivity contribution >= 4 is 11.3 Å². The summed E-state index contributed by atoms with van der Waals surface area (Å²) in [6, 6.07) is 8.39. The average molecular weight is 219 g/mol. The van der Waals surface area contributed by atoms with Crippen LogP contribution in [-0.4, -0.2) is 10.1 Å². The fourth-order valence-corrected chi connectivity index (χ4v) is 2.09. The zero-order valence-electron chi connectivity index (χ0n) is 8.60. The maximum Gasteiger partial charge on any atom is 0.119 e. The SMILES string of the molecule is CCc1ccc(-c2csc(CO)n2)cc1. The van der Waals surface area contributed by atoms with Gasteiger partial charge in [0, 0.05) is 10.9 Å². The summed E-state index contributed by atoms with van der Waals surface area (Å²) >= 11 is 1.49. The van der Waals surface area contributed by atoms with Crippen LogP contribution in [0.1, 0.15) is 17.5 Å². The van der Waals surface area contributed by atoms with Gasteiger partial charge in [0.05, 0.1) is 12.3 Å². The minimum absolute atomic E-state index is 0.0255. The van der Waals surface area contributed by atoms with Crippen LogP contribution in [-0.2, 0) is 13.0 Å². The lowest BCUT2D eigenvalue weighted by Gasteiger charge is -1.98. The number of benzene rings is 1. The summed E-state index contributed by atoms with van der Waals surface area (Å²) in [7, 11) is 0. The van der Waals surface area contributed by atoms with Gasteiger partial charge < -0.3 is 5.11 Å². The van der Waals surface area contributed by atoms with E-state index in [1.807, 2.05) is 5.38 Å². The number of rotatable bonds is 3. The Kier molecular flexibility index (Phi) is 3.14. The van der Waals surface area contributed by atoms with Crippen LogP contribution in [0.5, 0.6) is 0 Å². The molecule has 0 fully saturated rings. The van der Waals surface area contributed by atoms with Gasteiger partial charge in [-0.15, -0.1) is 11.3 Å². The van der Waals surface area contributed by atoms with Crippen LogP contribution in [0.2, 0.25) is 0 Å². The Morgan fingerprint density at radius 3 is 2.53 bits per heavy atom. The average Bonchev–Trinajstić information content (AvgIpc) is 2.78. The summed E-state index contributed by atoms with van der Waals surface area (Å²) < 4.78 is 0. The maximum absolute atomic E-state index is 8.93. The molecule has 0 spiro atoms. The molecule has 0 atom stereocenters. The second-order valence-corrected chi connectivity index (χ2v) is 4.28. The van der Waals surface area contributed by atoms with Crippen LogP contribution in [0, 0.1) is 0 Å². The highest BCUT2D eigenvalue weighted by Gasteiger charge is 2.03. The molecule has 0 amide bonds. The lowest BCUT2D eigenvalue weighted by Crippen LogP contribution is -1.83. The summed E-state index contributed by atoms with van der Waals surface area (Å²) in [5.74, 6) is 0. The minimum atomic E-state index is 0.0255. The van der Waals surface area contributed by atoms with Crippen molar-refractivity contribution in [3.8, 4) is 11.3 Å². The lowest BCUT2D eigenvalue weighted by atomic mass is 10.1. The van der Waals surface area contributed by atoms with Crippen LogP contribution >= 0.6 is 11.3 Å². The van der Waals surface area contributed by atoms with Gasteiger partial charge in [-0.05, 0) is 12.0 Å². The van der Waals surface area contributed by atoms with E-state index in [2.05, 4.69) is 36.2 Å². The van der Waals surface area contributed by atoms with E-state index in [0.29, 0.717) is 0 Å². The van der Waals surface area contributed by atoms with Gasteiger partial charge in [0.1, 0.15) is 5.01 Å². The topological polar surface area (TPSA) is 33.1 Å². The van der Waals surface area contributed by atoms with Gasteiger partial charge in [0.2, 0.25) is 0 Å². The number of aliphatic hydroxyl groups is 1. The van der Waals surface area contributed by atoms with Crippen LogP contribution in [0.4, 0.5) is 0 Å². The molecule has 0 saturated carbocycles. The second kappa shape index (κ2) is 4.55. The van der Waals surface area contributed by atoms with Crippen molar-refractivity contribution < 1.29 is 5.11 Å². The second-order valence-electron chi connectivity index (χ2n) is 3.34. The summed E-state index contributed by atoms with van der Waals surface area (Å²) in [5.41, 5.74) is 3.39. The van der Waals surface area contributed by atoms with E-state index in [1.54, 1.807) is 0 Å². The van der Waals surface area contributed by atoms with Crippen LogP contribution in [0.3, 0.4) is 0 Å². The summed E-state index contributed by atoms with van der Waals surface area (Å²) in [4.78, 5) is 4.32. The molecule has 0 aliphatic rings. The van der Waals surface area contributed by atoms with Gasteiger partial charge in [0.25, 0.3) is 0 Å². The fourth-order valence-electron chi connectivity index (χ4n) is 1.43. The third-order valence-corrected chi connectivity index (χ3v) is 3.18. The molecule has 0 aliphatic carbocycles. The van der Waals surface area contributed by atoms with Crippen LogP contribution < -0.4 is 0 Å². The van der Waals surface area contributed by atoms with E-state index in [9.17, 15) is 0 Å². The van der Waals surface area contributed by atoms with Crippen molar-refractivity contribution in [3.63, 3.8) is 0 Å². The largest absolute Gasteiger partial charge is 0.389 e. The van der Waals surface area contributed by atoms with E-state index < -0.39 is 0 Å². The summed E-state index contributed by atoms with van der Waals surface area (Å²) in [6.45, 7) is 2.17. The molecule has 0 saturated heterocycles. The van der Waals surface area contributed by atoms with Crippen molar-refractivity contribution in [3.05, 3.63) is 40.2 Å². The quantitative estimate of drug-likeness (QED) is 0.861. The number of aromatic nitrogens is 1. The Morgan fingerprint density at radius 2 is 2.00 bits per heavy atom. The van der Waals surface area contributed by atoms with E-state index in [4.69, 9.17) is 5.11 Å². The molecule has 1 heterocycles.